The second kappa shape index (κ2) is 4.76. The molecule has 82 valence electrons. The molecule has 16 heavy (non-hydrogen) atoms. The number of hydrogen-bond donors (Lipinski definition) is 1. The van der Waals surface area contributed by atoms with E-state index in [-0.39, 0.29) is 5.82 Å². The minimum Gasteiger partial charge on any atom is -0.339 e. The van der Waals surface area contributed by atoms with Gasteiger partial charge in [0, 0.05) is 5.69 Å². The summed E-state index contributed by atoms with van der Waals surface area (Å²) in [6, 6.07) is 4.56. The lowest BCUT2D eigenvalue weighted by Crippen LogP contribution is -1.95. The Morgan fingerprint density at radius 2 is 2.12 bits per heavy atom. The van der Waals surface area contributed by atoms with Crippen LogP contribution in [-0.4, -0.2) is 9.97 Å². The summed E-state index contributed by atoms with van der Waals surface area (Å²) in [7, 11) is 0. The second-order valence-electron chi connectivity index (χ2n) is 2.98. The summed E-state index contributed by atoms with van der Waals surface area (Å²) in [5.41, 5.74) is 0.699. The van der Waals surface area contributed by atoms with Gasteiger partial charge in [-0.1, -0.05) is 11.6 Å². The lowest BCUT2D eigenvalue weighted by atomic mass is 10.3. The van der Waals surface area contributed by atoms with Gasteiger partial charge in [0.25, 0.3) is 0 Å². The highest BCUT2D eigenvalue weighted by Crippen LogP contribution is 2.22. The summed E-state index contributed by atoms with van der Waals surface area (Å²) < 4.78 is 13.4. The molecule has 3 nitrogen and oxygen atoms in total. The molecule has 0 aliphatic carbocycles. The van der Waals surface area contributed by atoms with Crippen molar-refractivity contribution in [2.45, 2.75) is 0 Å². The molecule has 1 heterocycles. The third-order valence-electron chi connectivity index (χ3n) is 1.80. The first kappa shape index (κ1) is 11.3. The Balaban J connectivity index is 2.24. The van der Waals surface area contributed by atoms with Crippen molar-refractivity contribution in [3.05, 3.63) is 46.0 Å². The van der Waals surface area contributed by atoms with Crippen molar-refractivity contribution in [1.29, 1.82) is 0 Å². The molecule has 0 radical (unpaired) electrons. The van der Waals surface area contributed by atoms with Gasteiger partial charge in [0.05, 0.1) is 16.9 Å². The van der Waals surface area contributed by atoms with E-state index >= 15 is 0 Å². The number of aromatic nitrogens is 2. The molecule has 1 aromatic heterocycles. The van der Waals surface area contributed by atoms with Crippen molar-refractivity contribution in [3.8, 4) is 0 Å². The molecule has 1 aromatic carbocycles. The lowest BCUT2D eigenvalue weighted by Gasteiger charge is -2.05. The molecule has 2 rings (SSSR count). The first-order valence-corrected chi connectivity index (χ1v) is 5.52. The monoisotopic (exact) mass is 301 g/mol. The SMILES string of the molecule is Fc1ccc(Nc2cncc(Cl)n2)cc1Br. The van der Waals surface area contributed by atoms with E-state index in [1.165, 1.54) is 18.5 Å². The minimum atomic E-state index is -0.317. The third kappa shape index (κ3) is 2.68. The summed E-state index contributed by atoms with van der Waals surface area (Å²) in [6.45, 7) is 0. The number of nitrogens with one attached hydrogen (secondary N) is 1. The average molecular weight is 303 g/mol. The Morgan fingerprint density at radius 3 is 2.81 bits per heavy atom. The molecule has 2 aromatic rings. The Labute approximate surface area is 105 Å². The van der Waals surface area contributed by atoms with E-state index in [1.54, 1.807) is 12.1 Å². The molecule has 0 aliphatic heterocycles. The quantitative estimate of drug-likeness (QED) is 0.917. The molecule has 6 heteroatoms. The molecule has 0 fully saturated rings. The first-order valence-electron chi connectivity index (χ1n) is 4.35. The van der Waals surface area contributed by atoms with Crippen LogP contribution in [0.25, 0.3) is 0 Å². The van der Waals surface area contributed by atoms with E-state index in [0.717, 1.165) is 0 Å². The van der Waals surface area contributed by atoms with E-state index in [9.17, 15) is 4.39 Å². The fraction of sp³-hybridized carbons (Fsp3) is 0. The summed E-state index contributed by atoms with van der Waals surface area (Å²) in [5.74, 6) is 0.189. The van der Waals surface area contributed by atoms with Gasteiger partial charge in [-0.25, -0.2) is 9.37 Å². The summed E-state index contributed by atoms with van der Waals surface area (Å²) in [4.78, 5) is 7.88. The zero-order valence-corrected chi connectivity index (χ0v) is 10.3. The lowest BCUT2D eigenvalue weighted by molar-refractivity contribution is 0.621. The second-order valence-corrected chi connectivity index (χ2v) is 4.22. The molecule has 0 saturated heterocycles. The van der Waals surface area contributed by atoms with Gasteiger partial charge >= 0.3 is 0 Å². The smallest absolute Gasteiger partial charge is 0.150 e. The van der Waals surface area contributed by atoms with Crippen LogP contribution < -0.4 is 5.32 Å². The van der Waals surface area contributed by atoms with Crippen molar-refractivity contribution in [1.82, 2.24) is 9.97 Å². The highest BCUT2D eigenvalue weighted by Gasteiger charge is 2.02. The highest BCUT2D eigenvalue weighted by atomic mass is 79.9. The van der Waals surface area contributed by atoms with Gasteiger partial charge in [0.1, 0.15) is 11.0 Å². The van der Waals surface area contributed by atoms with Gasteiger partial charge in [-0.15, -0.1) is 0 Å². The van der Waals surface area contributed by atoms with Crippen molar-refractivity contribution in [2.24, 2.45) is 0 Å². The predicted octanol–water partition coefficient (Wildman–Crippen LogP) is 3.78. The first-order chi connectivity index (χ1) is 7.65. The normalized spacial score (nSPS) is 10.2. The molecule has 0 saturated carbocycles. The molecular weight excluding hydrogens is 296 g/mol. The fourth-order valence-electron chi connectivity index (χ4n) is 1.12. The molecule has 0 amide bonds. The topological polar surface area (TPSA) is 37.8 Å². The van der Waals surface area contributed by atoms with Gasteiger partial charge in [-0.2, -0.15) is 0 Å². The third-order valence-corrected chi connectivity index (χ3v) is 2.59. The van der Waals surface area contributed by atoms with Crippen LogP contribution in [-0.2, 0) is 0 Å². The maximum atomic E-state index is 13.0. The molecule has 0 spiro atoms. The summed E-state index contributed by atoms with van der Waals surface area (Å²) >= 11 is 8.78. The summed E-state index contributed by atoms with van der Waals surface area (Å²) in [5, 5.41) is 3.26. The number of halogens is 3. The minimum absolute atomic E-state index is 0.297. The van der Waals surface area contributed by atoms with Gasteiger partial charge in [-0.05, 0) is 34.1 Å². The van der Waals surface area contributed by atoms with Crippen LogP contribution in [0.2, 0.25) is 5.15 Å². The standard InChI is InChI=1S/C10H6BrClFN3/c11-7-3-6(1-2-8(7)13)15-10-5-14-4-9(12)16-10/h1-5H,(H,15,16). The molecule has 0 atom stereocenters. The highest BCUT2D eigenvalue weighted by molar-refractivity contribution is 9.10. The van der Waals surface area contributed by atoms with Crippen LogP contribution in [0.3, 0.4) is 0 Å². The number of rotatable bonds is 2. The molecular formula is C10H6BrClFN3. The Hall–Kier alpha value is -1.20. The van der Waals surface area contributed by atoms with E-state index in [4.69, 9.17) is 11.6 Å². The van der Waals surface area contributed by atoms with E-state index in [2.05, 4.69) is 31.2 Å². The van der Waals surface area contributed by atoms with Crippen molar-refractivity contribution >= 4 is 39.0 Å². The number of benzene rings is 1. The maximum Gasteiger partial charge on any atom is 0.150 e. The fourth-order valence-corrected chi connectivity index (χ4v) is 1.65. The van der Waals surface area contributed by atoms with Crippen molar-refractivity contribution in [2.75, 3.05) is 5.32 Å². The van der Waals surface area contributed by atoms with Crippen LogP contribution in [0.1, 0.15) is 0 Å². The van der Waals surface area contributed by atoms with E-state index in [1.807, 2.05) is 0 Å². The molecule has 1 N–H and O–H groups in total. The van der Waals surface area contributed by atoms with Gasteiger partial charge in [0.2, 0.25) is 0 Å². The van der Waals surface area contributed by atoms with Crippen molar-refractivity contribution in [3.63, 3.8) is 0 Å². The molecule has 0 unspecified atom stereocenters. The number of hydrogen-bond acceptors (Lipinski definition) is 3. The zero-order chi connectivity index (χ0) is 11.5. The Kier molecular flexibility index (Phi) is 3.36. The van der Waals surface area contributed by atoms with Crippen LogP contribution in [0.5, 0.6) is 0 Å². The summed E-state index contributed by atoms with van der Waals surface area (Å²) in [6.07, 6.45) is 2.97. The van der Waals surface area contributed by atoms with Gasteiger partial charge < -0.3 is 5.32 Å². The van der Waals surface area contributed by atoms with Crippen LogP contribution >= 0.6 is 27.5 Å². The van der Waals surface area contributed by atoms with E-state index < -0.39 is 0 Å². The maximum absolute atomic E-state index is 13.0. The Bertz CT molecular complexity index is 521. The molecule has 0 bridgehead atoms. The van der Waals surface area contributed by atoms with Gasteiger partial charge in [0.15, 0.2) is 5.82 Å². The van der Waals surface area contributed by atoms with Crippen LogP contribution in [0.15, 0.2) is 35.1 Å². The Morgan fingerprint density at radius 1 is 1.31 bits per heavy atom. The van der Waals surface area contributed by atoms with Gasteiger partial charge in [-0.3, -0.25) is 4.98 Å². The van der Waals surface area contributed by atoms with Crippen LogP contribution in [0.4, 0.5) is 15.9 Å². The van der Waals surface area contributed by atoms with Crippen molar-refractivity contribution < 1.29 is 4.39 Å². The predicted molar refractivity (Wildman–Crippen MR) is 64.4 cm³/mol. The number of nitrogens with zero attached hydrogens (tertiary/aromatic N) is 2. The zero-order valence-electron chi connectivity index (χ0n) is 7.92. The number of anilines is 2. The largest absolute Gasteiger partial charge is 0.339 e. The van der Waals surface area contributed by atoms with E-state index in [0.29, 0.717) is 21.1 Å². The molecule has 0 aliphatic rings. The average Bonchev–Trinajstić information content (AvgIpc) is 2.24. The van der Waals surface area contributed by atoms with Crippen LogP contribution in [0, 0.1) is 5.82 Å².